The Kier molecular flexibility index (Phi) is 3.44. The molecule has 6 heteroatoms. The number of hydrogen-bond donors (Lipinski definition) is 0. The normalized spacial score (nSPS) is 23.5. The number of halogens is 2. The van der Waals surface area contributed by atoms with E-state index in [0.717, 1.165) is 0 Å². The smallest absolute Gasteiger partial charge is 0.276 e. The number of amides is 1. The Hall–Kier alpha value is -2.66. The van der Waals surface area contributed by atoms with E-state index in [0.29, 0.717) is 21.8 Å². The first-order valence-corrected chi connectivity index (χ1v) is 8.07. The van der Waals surface area contributed by atoms with Crippen molar-refractivity contribution >= 4 is 35.1 Å². The van der Waals surface area contributed by atoms with Crippen molar-refractivity contribution in [3.05, 3.63) is 70.2 Å². The van der Waals surface area contributed by atoms with Gasteiger partial charge in [0.1, 0.15) is 5.82 Å². The fourth-order valence-corrected chi connectivity index (χ4v) is 3.65. The van der Waals surface area contributed by atoms with E-state index in [4.69, 9.17) is 16.3 Å². The molecule has 0 radical (unpaired) electrons. The van der Waals surface area contributed by atoms with Crippen LogP contribution in [0.2, 0.25) is 5.02 Å². The van der Waals surface area contributed by atoms with Crippen LogP contribution in [-0.2, 0) is 19.9 Å². The van der Waals surface area contributed by atoms with Crippen LogP contribution >= 0.6 is 11.6 Å². The predicted octanol–water partition coefficient (Wildman–Crippen LogP) is 3.68. The highest BCUT2D eigenvalue weighted by Crippen LogP contribution is 2.51. The molecule has 2 heterocycles. The quantitative estimate of drug-likeness (QED) is 0.731. The summed E-state index contributed by atoms with van der Waals surface area (Å²) in [5.41, 5.74) is 0.387. The van der Waals surface area contributed by atoms with E-state index in [1.165, 1.54) is 35.2 Å². The minimum absolute atomic E-state index is 0.0844. The SMILES string of the molecule is CN1C(=O)C2(CC(=O)/C(=C\c3ccc(F)cc3)O2)c2cccc(Cl)c21. The summed E-state index contributed by atoms with van der Waals surface area (Å²) < 4.78 is 18.9. The van der Waals surface area contributed by atoms with Gasteiger partial charge in [-0.1, -0.05) is 35.9 Å². The Morgan fingerprint density at radius 1 is 1.20 bits per heavy atom. The molecule has 1 fully saturated rings. The lowest BCUT2D eigenvalue weighted by molar-refractivity contribution is -0.135. The highest BCUT2D eigenvalue weighted by Gasteiger charge is 2.58. The van der Waals surface area contributed by atoms with E-state index in [9.17, 15) is 14.0 Å². The number of carbonyl (C=O) groups is 2. The Bertz CT molecular complexity index is 938. The topological polar surface area (TPSA) is 46.6 Å². The predicted molar refractivity (Wildman–Crippen MR) is 91.6 cm³/mol. The molecule has 126 valence electrons. The molecule has 2 aliphatic heterocycles. The number of nitrogens with zero attached hydrogens (tertiary/aromatic N) is 1. The molecule has 0 aliphatic carbocycles. The number of anilines is 1. The van der Waals surface area contributed by atoms with Crippen molar-refractivity contribution in [1.82, 2.24) is 0 Å². The van der Waals surface area contributed by atoms with Crippen molar-refractivity contribution in [1.29, 1.82) is 0 Å². The van der Waals surface area contributed by atoms with E-state index in [1.54, 1.807) is 25.2 Å². The Labute approximate surface area is 148 Å². The van der Waals surface area contributed by atoms with Crippen LogP contribution in [0, 0.1) is 5.82 Å². The van der Waals surface area contributed by atoms with Crippen LogP contribution in [0.5, 0.6) is 0 Å². The maximum absolute atomic E-state index is 13.0. The molecule has 1 amide bonds. The van der Waals surface area contributed by atoms with Gasteiger partial charge in [-0.3, -0.25) is 9.59 Å². The van der Waals surface area contributed by atoms with Gasteiger partial charge in [0.15, 0.2) is 5.76 Å². The highest BCUT2D eigenvalue weighted by molar-refractivity contribution is 6.35. The van der Waals surface area contributed by atoms with Crippen LogP contribution in [0.1, 0.15) is 17.5 Å². The number of hydrogen-bond acceptors (Lipinski definition) is 3. The summed E-state index contributed by atoms with van der Waals surface area (Å²) in [5.74, 6) is -0.889. The van der Waals surface area contributed by atoms with Crippen LogP contribution in [0.4, 0.5) is 10.1 Å². The molecular formula is C19H13ClFNO3. The summed E-state index contributed by atoms with van der Waals surface area (Å²) in [4.78, 5) is 26.7. The second kappa shape index (κ2) is 5.43. The summed E-state index contributed by atoms with van der Waals surface area (Å²) in [6.45, 7) is 0. The molecule has 2 aliphatic rings. The summed E-state index contributed by atoms with van der Waals surface area (Å²) in [6.07, 6.45) is 1.43. The maximum atomic E-state index is 13.0. The van der Waals surface area contributed by atoms with Gasteiger partial charge in [-0.2, -0.15) is 0 Å². The molecule has 4 rings (SSSR count). The van der Waals surface area contributed by atoms with Gasteiger partial charge in [-0.25, -0.2) is 4.39 Å². The first kappa shape index (κ1) is 15.8. The van der Waals surface area contributed by atoms with Gasteiger partial charge in [0.25, 0.3) is 5.91 Å². The first-order valence-electron chi connectivity index (χ1n) is 7.69. The fourth-order valence-electron chi connectivity index (χ4n) is 3.35. The van der Waals surface area contributed by atoms with E-state index in [2.05, 4.69) is 0 Å². The molecule has 2 aromatic carbocycles. The van der Waals surface area contributed by atoms with Gasteiger partial charge in [-0.05, 0) is 29.8 Å². The monoisotopic (exact) mass is 357 g/mol. The van der Waals surface area contributed by atoms with Crippen molar-refractivity contribution in [2.24, 2.45) is 0 Å². The van der Waals surface area contributed by atoms with Crippen LogP contribution in [0.25, 0.3) is 6.08 Å². The van der Waals surface area contributed by atoms with Gasteiger partial charge >= 0.3 is 0 Å². The maximum Gasteiger partial charge on any atom is 0.276 e. The summed E-state index contributed by atoms with van der Waals surface area (Å²) in [6, 6.07) is 10.8. The third kappa shape index (κ3) is 2.27. The van der Waals surface area contributed by atoms with Crippen molar-refractivity contribution in [3.63, 3.8) is 0 Å². The summed E-state index contributed by atoms with van der Waals surface area (Å²) >= 11 is 6.22. The number of fused-ring (bicyclic) bond motifs is 2. The van der Waals surface area contributed by atoms with E-state index in [1.807, 2.05) is 0 Å². The van der Waals surface area contributed by atoms with Gasteiger partial charge in [-0.15, -0.1) is 0 Å². The minimum Gasteiger partial charge on any atom is -0.468 e. The lowest BCUT2D eigenvalue weighted by Crippen LogP contribution is -2.38. The minimum atomic E-state index is -1.38. The Balaban J connectivity index is 1.79. The molecule has 25 heavy (non-hydrogen) atoms. The number of ether oxygens (including phenoxy) is 1. The van der Waals surface area contributed by atoms with Crippen molar-refractivity contribution < 1.29 is 18.7 Å². The highest BCUT2D eigenvalue weighted by atomic mass is 35.5. The Morgan fingerprint density at radius 2 is 1.92 bits per heavy atom. The van der Waals surface area contributed by atoms with E-state index >= 15 is 0 Å². The van der Waals surface area contributed by atoms with Crippen molar-refractivity contribution in [3.8, 4) is 0 Å². The molecule has 1 unspecified atom stereocenters. The number of rotatable bonds is 1. The number of allylic oxidation sites excluding steroid dienone is 1. The van der Waals surface area contributed by atoms with Crippen LogP contribution < -0.4 is 4.90 Å². The third-order valence-electron chi connectivity index (χ3n) is 4.54. The fraction of sp³-hybridized carbons (Fsp3) is 0.158. The molecule has 1 atom stereocenters. The number of ketones is 1. The third-order valence-corrected chi connectivity index (χ3v) is 4.85. The second-order valence-corrected chi connectivity index (χ2v) is 6.50. The number of likely N-dealkylation sites (N-methyl/N-ethyl adjacent to an activating group) is 1. The average molecular weight is 358 g/mol. The average Bonchev–Trinajstić information content (AvgIpc) is 3.02. The molecule has 0 N–H and O–H groups in total. The molecular weight excluding hydrogens is 345 g/mol. The second-order valence-electron chi connectivity index (χ2n) is 6.09. The van der Waals surface area contributed by atoms with E-state index < -0.39 is 5.60 Å². The standard InChI is InChI=1S/C19H13ClFNO3/c1-22-17-13(3-2-4-14(17)20)19(18(22)24)10-15(23)16(25-19)9-11-5-7-12(21)8-6-11/h2-9H,10H2,1H3/b16-9+. The lowest BCUT2D eigenvalue weighted by Gasteiger charge is -2.21. The van der Waals surface area contributed by atoms with Gasteiger partial charge < -0.3 is 9.64 Å². The molecule has 0 aromatic heterocycles. The van der Waals surface area contributed by atoms with E-state index in [-0.39, 0.29) is 29.7 Å². The zero-order valence-corrected chi connectivity index (χ0v) is 14.0. The zero-order chi connectivity index (χ0) is 17.8. The van der Waals surface area contributed by atoms with Gasteiger partial charge in [0.2, 0.25) is 11.4 Å². The Morgan fingerprint density at radius 3 is 2.64 bits per heavy atom. The molecule has 4 nitrogen and oxygen atoms in total. The number of carbonyl (C=O) groups excluding carboxylic acids is 2. The number of benzene rings is 2. The molecule has 2 aromatic rings. The van der Waals surface area contributed by atoms with Crippen LogP contribution in [0.3, 0.4) is 0 Å². The van der Waals surface area contributed by atoms with Crippen LogP contribution in [0.15, 0.2) is 48.2 Å². The first-order chi connectivity index (χ1) is 11.9. The molecule has 1 saturated heterocycles. The van der Waals surface area contributed by atoms with Crippen LogP contribution in [-0.4, -0.2) is 18.7 Å². The van der Waals surface area contributed by atoms with Crippen molar-refractivity contribution in [2.45, 2.75) is 12.0 Å². The number of para-hydroxylation sites is 1. The molecule has 1 spiro atoms. The lowest BCUT2D eigenvalue weighted by atomic mass is 9.92. The van der Waals surface area contributed by atoms with Gasteiger partial charge in [0, 0.05) is 12.6 Å². The zero-order valence-electron chi connectivity index (χ0n) is 13.3. The number of Topliss-reactive ketones (excluding diaryl/α,β-unsaturated/α-hetero) is 1. The molecule has 0 bridgehead atoms. The largest absolute Gasteiger partial charge is 0.468 e. The molecule has 0 saturated carbocycles. The van der Waals surface area contributed by atoms with Gasteiger partial charge in [0.05, 0.1) is 17.1 Å². The van der Waals surface area contributed by atoms with Crippen molar-refractivity contribution in [2.75, 3.05) is 11.9 Å². The summed E-state index contributed by atoms with van der Waals surface area (Å²) in [5, 5.41) is 0.428. The summed E-state index contributed by atoms with van der Waals surface area (Å²) in [7, 11) is 1.61.